The van der Waals surface area contributed by atoms with Crippen LogP contribution < -0.4 is 10.9 Å². The van der Waals surface area contributed by atoms with E-state index in [2.05, 4.69) is 17.4 Å². The Hall–Kier alpha value is -2.21. The Kier molecular flexibility index (Phi) is 6.39. The van der Waals surface area contributed by atoms with Crippen LogP contribution in [0.5, 0.6) is 0 Å². The first-order valence-corrected chi connectivity index (χ1v) is 6.13. The smallest absolute Gasteiger partial charge is 0.269 e. The Morgan fingerprint density at radius 2 is 2.00 bits per heavy atom. The molecule has 20 heavy (non-hydrogen) atoms. The van der Waals surface area contributed by atoms with Gasteiger partial charge in [-0.1, -0.05) is 6.08 Å². The maximum absolute atomic E-state index is 12.7. The van der Waals surface area contributed by atoms with Crippen LogP contribution in [0.3, 0.4) is 0 Å². The SMILES string of the molecule is C=CCCOC(C)C(=O)NNC(=O)c1ccc(F)cc1. The van der Waals surface area contributed by atoms with Crippen molar-refractivity contribution in [3.63, 3.8) is 0 Å². The van der Waals surface area contributed by atoms with Crippen LogP contribution in [0.25, 0.3) is 0 Å². The zero-order valence-electron chi connectivity index (χ0n) is 11.2. The molecule has 0 spiro atoms. The minimum absolute atomic E-state index is 0.243. The molecule has 1 atom stereocenters. The first-order valence-electron chi connectivity index (χ1n) is 6.13. The first kappa shape index (κ1) is 15.8. The number of hydrazine groups is 1. The number of halogens is 1. The first-order chi connectivity index (χ1) is 9.54. The van der Waals surface area contributed by atoms with Crippen molar-refractivity contribution in [2.75, 3.05) is 6.61 Å². The van der Waals surface area contributed by atoms with E-state index in [-0.39, 0.29) is 5.56 Å². The molecule has 1 aromatic rings. The summed E-state index contributed by atoms with van der Waals surface area (Å²) in [5, 5.41) is 0. The van der Waals surface area contributed by atoms with Gasteiger partial charge in [-0.15, -0.1) is 6.58 Å². The summed E-state index contributed by atoms with van der Waals surface area (Å²) in [5.74, 6) is -1.43. The second kappa shape index (κ2) is 8.06. The summed E-state index contributed by atoms with van der Waals surface area (Å²) in [7, 11) is 0. The fraction of sp³-hybridized carbons (Fsp3) is 0.286. The lowest BCUT2D eigenvalue weighted by Gasteiger charge is -2.13. The molecule has 1 unspecified atom stereocenters. The summed E-state index contributed by atoms with van der Waals surface area (Å²) in [6.45, 7) is 5.49. The highest BCUT2D eigenvalue weighted by Crippen LogP contribution is 2.02. The van der Waals surface area contributed by atoms with Crippen molar-refractivity contribution in [3.8, 4) is 0 Å². The van der Waals surface area contributed by atoms with Gasteiger partial charge < -0.3 is 4.74 Å². The van der Waals surface area contributed by atoms with Gasteiger partial charge in [0.1, 0.15) is 11.9 Å². The number of rotatable bonds is 6. The number of benzene rings is 1. The van der Waals surface area contributed by atoms with E-state index < -0.39 is 23.7 Å². The number of carbonyl (C=O) groups is 2. The summed E-state index contributed by atoms with van der Waals surface area (Å²) in [5.41, 5.74) is 4.71. The van der Waals surface area contributed by atoms with Crippen LogP contribution in [0.1, 0.15) is 23.7 Å². The minimum Gasteiger partial charge on any atom is -0.368 e. The molecule has 0 saturated carbocycles. The molecule has 0 aliphatic carbocycles. The topological polar surface area (TPSA) is 67.4 Å². The van der Waals surface area contributed by atoms with Crippen molar-refractivity contribution in [3.05, 3.63) is 48.3 Å². The van der Waals surface area contributed by atoms with Gasteiger partial charge in [-0.2, -0.15) is 0 Å². The van der Waals surface area contributed by atoms with Crippen LogP contribution in [0.15, 0.2) is 36.9 Å². The lowest BCUT2D eigenvalue weighted by atomic mass is 10.2. The molecule has 0 fully saturated rings. The molecule has 2 amide bonds. The van der Waals surface area contributed by atoms with Crippen molar-refractivity contribution in [2.45, 2.75) is 19.4 Å². The number of ether oxygens (including phenoxy) is 1. The standard InChI is InChI=1S/C14H17FN2O3/c1-3-4-9-20-10(2)13(18)16-17-14(19)11-5-7-12(15)8-6-11/h3,5-8,10H,1,4,9H2,2H3,(H,16,18)(H,17,19). The Balaban J connectivity index is 2.38. The summed E-state index contributed by atoms with van der Waals surface area (Å²) < 4.78 is 17.9. The number of hydrogen-bond donors (Lipinski definition) is 2. The highest BCUT2D eigenvalue weighted by molar-refractivity contribution is 5.95. The minimum atomic E-state index is -0.691. The number of carbonyl (C=O) groups excluding carboxylic acids is 2. The van der Waals surface area contributed by atoms with Crippen LogP contribution in [-0.2, 0) is 9.53 Å². The van der Waals surface area contributed by atoms with Crippen molar-refractivity contribution in [2.24, 2.45) is 0 Å². The third-order valence-electron chi connectivity index (χ3n) is 2.46. The van der Waals surface area contributed by atoms with Crippen LogP contribution in [0.4, 0.5) is 4.39 Å². The maximum Gasteiger partial charge on any atom is 0.269 e. The van der Waals surface area contributed by atoms with E-state index in [0.29, 0.717) is 13.0 Å². The van der Waals surface area contributed by atoms with Crippen LogP contribution in [0.2, 0.25) is 0 Å². The molecule has 0 bridgehead atoms. The Morgan fingerprint density at radius 3 is 2.60 bits per heavy atom. The monoisotopic (exact) mass is 280 g/mol. The Labute approximate surface area is 116 Å². The van der Waals surface area contributed by atoms with Crippen molar-refractivity contribution in [1.82, 2.24) is 10.9 Å². The maximum atomic E-state index is 12.7. The lowest BCUT2D eigenvalue weighted by Crippen LogP contribution is -2.46. The quantitative estimate of drug-likeness (QED) is 0.472. The highest BCUT2D eigenvalue weighted by Gasteiger charge is 2.14. The fourth-order valence-corrected chi connectivity index (χ4v) is 1.30. The summed E-state index contributed by atoms with van der Waals surface area (Å²) in [6, 6.07) is 4.97. The second-order valence-electron chi connectivity index (χ2n) is 4.04. The van der Waals surface area contributed by atoms with Crippen LogP contribution >= 0.6 is 0 Å². The van der Waals surface area contributed by atoms with Gasteiger partial charge >= 0.3 is 0 Å². The zero-order chi connectivity index (χ0) is 15.0. The van der Waals surface area contributed by atoms with Crippen LogP contribution in [-0.4, -0.2) is 24.5 Å². The molecule has 0 aliphatic heterocycles. The summed E-state index contributed by atoms with van der Waals surface area (Å²) in [6.07, 6.45) is 1.63. The van der Waals surface area contributed by atoms with Crippen molar-refractivity contribution in [1.29, 1.82) is 0 Å². The predicted molar refractivity (Wildman–Crippen MR) is 72.2 cm³/mol. The van der Waals surface area contributed by atoms with Crippen LogP contribution in [0, 0.1) is 5.82 Å². The van der Waals surface area contributed by atoms with Gasteiger partial charge in [0.05, 0.1) is 6.61 Å². The number of nitrogens with one attached hydrogen (secondary N) is 2. The van der Waals surface area contributed by atoms with E-state index in [4.69, 9.17) is 4.74 Å². The van der Waals surface area contributed by atoms with E-state index in [9.17, 15) is 14.0 Å². The molecule has 1 rings (SSSR count). The Morgan fingerprint density at radius 1 is 1.35 bits per heavy atom. The van der Waals surface area contributed by atoms with Crippen molar-refractivity contribution >= 4 is 11.8 Å². The van der Waals surface area contributed by atoms with Gasteiger partial charge in [0.25, 0.3) is 11.8 Å². The second-order valence-corrected chi connectivity index (χ2v) is 4.04. The number of amides is 2. The molecule has 0 saturated heterocycles. The molecule has 0 radical (unpaired) electrons. The van der Waals surface area contributed by atoms with Gasteiger partial charge in [0.2, 0.25) is 0 Å². The van der Waals surface area contributed by atoms with E-state index in [1.165, 1.54) is 12.1 Å². The summed E-state index contributed by atoms with van der Waals surface area (Å²) in [4.78, 5) is 23.2. The number of hydrogen-bond acceptors (Lipinski definition) is 3. The van der Waals surface area contributed by atoms with E-state index in [0.717, 1.165) is 12.1 Å². The highest BCUT2D eigenvalue weighted by atomic mass is 19.1. The van der Waals surface area contributed by atoms with E-state index >= 15 is 0 Å². The summed E-state index contributed by atoms with van der Waals surface area (Å²) >= 11 is 0. The molecule has 0 aliphatic rings. The van der Waals surface area contributed by atoms with Crippen molar-refractivity contribution < 1.29 is 18.7 Å². The fourth-order valence-electron chi connectivity index (χ4n) is 1.30. The molecule has 5 nitrogen and oxygen atoms in total. The predicted octanol–water partition coefficient (Wildman–Crippen LogP) is 1.57. The largest absolute Gasteiger partial charge is 0.368 e. The van der Waals surface area contributed by atoms with Gasteiger partial charge in [0.15, 0.2) is 0 Å². The van der Waals surface area contributed by atoms with E-state index in [1.54, 1.807) is 13.0 Å². The molecular weight excluding hydrogens is 263 g/mol. The van der Waals surface area contributed by atoms with Gasteiger partial charge in [0, 0.05) is 5.56 Å². The molecule has 0 heterocycles. The van der Waals surface area contributed by atoms with Gasteiger partial charge in [-0.3, -0.25) is 20.4 Å². The molecular formula is C14H17FN2O3. The lowest BCUT2D eigenvalue weighted by molar-refractivity contribution is -0.132. The molecule has 108 valence electrons. The molecule has 0 aromatic heterocycles. The molecule has 6 heteroatoms. The normalized spacial score (nSPS) is 11.5. The average molecular weight is 280 g/mol. The van der Waals surface area contributed by atoms with Gasteiger partial charge in [-0.25, -0.2) is 4.39 Å². The Bertz CT molecular complexity index is 474. The molecule has 1 aromatic carbocycles. The third kappa shape index (κ3) is 5.19. The van der Waals surface area contributed by atoms with E-state index in [1.807, 2.05) is 0 Å². The molecule has 2 N–H and O–H groups in total. The average Bonchev–Trinajstić information content (AvgIpc) is 2.45. The zero-order valence-corrected chi connectivity index (χ0v) is 11.2. The van der Waals surface area contributed by atoms with Gasteiger partial charge in [-0.05, 0) is 37.6 Å². The third-order valence-corrected chi connectivity index (χ3v) is 2.46.